The van der Waals surface area contributed by atoms with Gasteiger partial charge in [-0.2, -0.15) is 0 Å². The smallest absolute Gasteiger partial charge is 0.242 e. The second kappa shape index (κ2) is 5.38. The Kier molecular flexibility index (Phi) is 3.84. The fourth-order valence-electron chi connectivity index (χ4n) is 2.10. The number of nitrogens with zero attached hydrogens (tertiary/aromatic N) is 1. The van der Waals surface area contributed by atoms with E-state index in [4.69, 9.17) is 0 Å². The van der Waals surface area contributed by atoms with Crippen molar-refractivity contribution in [1.29, 1.82) is 0 Å². The largest absolute Gasteiger partial charge is 0.376 e. The van der Waals surface area contributed by atoms with Crippen molar-refractivity contribution in [2.24, 2.45) is 0 Å². The van der Waals surface area contributed by atoms with Gasteiger partial charge in [0.1, 0.15) is 5.82 Å². The Morgan fingerprint density at radius 1 is 1.50 bits per heavy atom. The topological polar surface area (TPSA) is 32.3 Å². The predicted octanol–water partition coefficient (Wildman–Crippen LogP) is 2.56. The summed E-state index contributed by atoms with van der Waals surface area (Å²) < 4.78 is 13.3. The molecule has 0 aliphatic heterocycles. The van der Waals surface area contributed by atoms with Crippen molar-refractivity contribution in [2.45, 2.75) is 32.7 Å². The lowest BCUT2D eigenvalue weighted by Gasteiger charge is -2.21. The minimum Gasteiger partial charge on any atom is -0.376 e. The molecule has 0 saturated heterocycles. The summed E-state index contributed by atoms with van der Waals surface area (Å²) >= 11 is 0. The Morgan fingerprint density at radius 2 is 2.22 bits per heavy atom. The van der Waals surface area contributed by atoms with Crippen LogP contribution >= 0.6 is 0 Å². The number of benzene rings is 1. The molecule has 1 aromatic carbocycles. The van der Waals surface area contributed by atoms with Gasteiger partial charge in [-0.1, -0.05) is 6.07 Å². The van der Waals surface area contributed by atoms with Gasteiger partial charge in [-0.3, -0.25) is 4.79 Å². The highest BCUT2D eigenvalue weighted by molar-refractivity contribution is 5.81. The van der Waals surface area contributed by atoms with Crippen molar-refractivity contribution in [3.63, 3.8) is 0 Å². The summed E-state index contributed by atoms with van der Waals surface area (Å²) in [4.78, 5) is 13.9. The lowest BCUT2D eigenvalue weighted by molar-refractivity contribution is -0.129. The molecule has 18 heavy (non-hydrogen) atoms. The van der Waals surface area contributed by atoms with E-state index in [1.807, 2.05) is 11.8 Å². The summed E-state index contributed by atoms with van der Waals surface area (Å²) in [6.07, 6.45) is 2.22. The van der Waals surface area contributed by atoms with E-state index >= 15 is 0 Å². The third kappa shape index (κ3) is 2.81. The van der Waals surface area contributed by atoms with Gasteiger partial charge in [-0.05, 0) is 38.8 Å². The predicted molar refractivity (Wildman–Crippen MR) is 70.0 cm³/mol. The minimum absolute atomic E-state index is 0.0867. The molecule has 3 nitrogen and oxygen atoms in total. The Bertz CT molecular complexity index is 443. The number of hydrogen-bond acceptors (Lipinski definition) is 2. The average molecular weight is 250 g/mol. The number of likely N-dealkylation sites (N-methyl/N-ethyl adjacent to an activating group) is 1. The van der Waals surface area contributed by atoms with Gasteiger partial charge in [0.05, 0.1) is 6.54 Å². The third-order valence-corrected chi connectivity index (χ3v) is 3.35. The third-order valence-electron chi connectivity index (χ3n) is 3.35. The highest BCUT2D eigenvalue weighted by atomic mass is 19.1. The molecule has 2 rings (SSSR count). The molecule has 1 aromatic rings. The van der Waals surface area contributed by atoms with Crippen molar-refractivity contribution in [2.75, 3.05) is 18.4 Å². The normalized spacial score (nSPS) is 14.4. The van der Waals surface area contributed by atoms with Crippen LogP contribution in [0.2, 0.25) is 0 Å². The first-order valence-electron chi connectivity index (χ1n) is 6.42. The molecular formula is C14H19FN2O. The second-order valence-corrected chi connectivity index (χ2v) is 4.68. The fourth-order valence-corrected chi connectivity index (χ4v) is 2.10. The Hall–Kier alpha value is -1.58. The van der Waals surface area contributed by atoms with E-state index in [0.29, 0.717) is 17.3 Å². The fraction of sp³-hybridized carbons (Fsp3) is 0.500. The lowest BCUT2D eigenvalue weighted by Crippen LogP contribution is -2.37. The SMILES string of the molecule is CCN(C(=O)CNc1cccc(F)c1C)C1CC1. The van der Waals surface area contributed by atoms with Crippen LogP contribution in [-0.2, 0) is 4.79 Å². The second-order valence-electron chi connectivity index (χ2n) is 4.68. The van der Waals surface area contributed by atoms with E-state index < -0.39 is 0 Å². The van der Waals surface area contributed by atoms with Gasteiger partial charge in [-0.15, -0.1) is 0 Å². The lowest BCUT2D eigenvalue weighted by atomic mass is 10.2. The number of carbonyl (C=O) groups excluding carboxylic acids is 1. The summed E-state index contributed by atoms with van der Waals surface area (Å²) in [6.45, 7) is 4.67. The minimum atomic E-state index is -0.248. The van der Waals surface area contributed by atoms with E-state index in [1.165, 1.54) is 6.07 Å². The molecule has 1 aliphatic carbocycles. The highest BCUT2D eigenvalue weighted by Gasteiger charge is 2.30. The Balaban J connectivity index is 1.94. The standard InChI is InChI=1S/C14H19FN2O/c1-3-17(11-7-8-11)14(18)9-16-13-6-4-5-12(15)10(13)2/h4-6,11,16H,3,7-9H2,1-2H3. The van der Waals surface area contributed by atoms with Gasteiger partial charge in [0.2, 0.25) is 5.91 Å². The maximum Gasteiger partial charge on any atom is 0.242 e. The molecule has 0 heterocycles. The van der Waals surface area contributed by atoms with Crippen LogP contribution < -0.4 is 5.32 Å². The number of halogens is 1. The van der Waals surface area contributed by atoms with Crippen LogP contribution in [0.4, 0.5) is 10.1 Å². The number of anilines is 1. The zero-order valence-corrected chi connectivity index (χ0v) is 10.9. The van der Waals surface area contributed by atoms with Gasteiger partial charge in [0.25, 0.3) is 0 Å². The molecule has 1 amide bonds. The summed E-state index contributed by atoms with van der Waals surface area (Å²) in [5, 5.41) is 3.02. The summed E-state index contributed by atoms with van der Waals surface area (Å²) in [7, 11) is 0. The van der Waals surface area contributed by atoms with E-state index in [2.05, 4.69) is 5.32 Å². The zero-order valence-electron chi connectivity index (χ0n) is 10.9. The van der Waals surface area contributed by atoms with E-state index in [-0.39, 0.29) is 18.3 Å². The number of amides is 1. The number of nitrogens with one attached hydrogen (secondary N) is 1. The first-order valence-corrected chi connectivity index (χ1v) is 6.42. The first-order chi connectivity index (χ1) is 8.63. The van der Waals surface area contributed by atoms with E-state index in [9.17, 15) is 9.18 Å². The van der Waals surface area contributed by atoms with Gasteiger partial charge in [-0.25, -0.2) is 4.39 Å². The molecule has 0 radical (unpaired) electrons. The molecule has 1 aliphatic rings. The molecule has 0 aromatic heterocycles. The number of rotatable bonds is 5. The van der Waals surface area contributed by atoms with Crippen LogP contribution in [0, 0.1) is 12.7 Å². The maximum absolute atomic E-state index is 13.3. The highest BCUT2D eigenvalue weighted by Crippen LogP contribution is 2.26. The zero-order chi connectivity index (χ0) is 13.1. The van der Waals surface area contributed by atoms with Crippen LogP contribution in [0.1, 0.15) is 25.3 Å². The summed E-state index contributed by atoms with van der Waals surface area (Å²) in [5.74, 6) is -0.161. The number of carbonyl (C=O) groups is 1. The molecule has 0 spiro atoms. The molecule has 0 unspecified atom stereocenters. The van der Waals surface area contributed by atoms with Gasteiger partial charge >= 0.3 is 0 Å². The van der Waals surface area contributed by atoms with Crippen molar-refractivity contribution in [3.8, 4) is 0 Å². The maximum atomic E-state index is 13.3. The molecule has 4 heteroatoms. The monoisotopic (exact) mass is 250 g/mol. The Labute approximate surface area is 107 Å². The first kappa shape index (κ1) is 12.9. The average Bonchev–Trinajstić information content (AvgIpc) is 3.16. The summed E-state index contributed by atoms with van der Waals surface area (Å²) in [6, 6.07) is 5.29. The van der Waals surface area contributed by atoms with Crippen molar-refractivity contribution >= 4 is 11.6 Å². The summed E-state index contributed by atoms with van der Waals surface area (Å²) in [5.41, 5.74) is 1.25. The van der Waals surface area contributed by atoms with Crippen molar-refractivity contribution in [1.82, 2.24) is 4.90 Å². The van der Waals surface area contributed by atoms with Crippen LogP contribution in [0.3, 0.4) is 0 Å². The molecule has 0 atom stereocenters. The molecule has 98 valence electrons. The quantitative estimate of drug-likeness (QED) is 0.871. The van der Waals surface area contributed by atoms with Crippen LogP contribution in [0.5, 0.6) is 0 Å². The van der Waals surface area contributed by atoms with Crippen molar-refractivity contribution in [3.05, 3.63) is 29.6 Å². The van der Waals surface area contributed by atoms with E-state index in [1.54, 1.807) is 19.1 Å². The van der Waals surface area contributed by atoms with Crippen LogP contribution in [0.15, 0.2) is 18.2 Å². The van der Waals surface area contributed by atoms with Crippen LogP contribution in [0.25, 0.3) is 0 Å². The number of hydrogen-bond donors (Lipinski definition) is 1. The van der Waals surface area contributed by atoms with Crippen LogP contribution in [-0.4, -0.2) is 29.9 Å². The molecule has 1 N–H and O–H groups in total. The van der Waals surface area contributed by atoms with E-state index in [0.717, 1.165) is 19.4 Å². The van der Waals surface area contributed by atoms with Crippen molar-refractivity contribution < 1.29 is 9.18 Å². The Morgan fingerprint density at radius 3 is 2.83 bits per heavy atom. The van der Waals surface area contributed by atoms with Gasteiger partial charge in [0.15, 0.2) is 0 Å². The van der Waals surface area contributed by atoms with Gasteiger partial charge < -0.3 is 10.2 Å². The molecular weight excluding hydrogens is 231 g/mol. The van der Waals surface area contributed by atoms with Gasteiger partial charge in [0, 0.05) is 23.8 Å². The molecule has 1 fully saturated rings. The molecule has 0 bridgehead atoms. The molecule has 1 saturated carbocycles.